The van der Waals surface area contributed by atoms with E-state index in [0.717, 1.165) is 55.0 Å². The van der Waals surface area contributed by atoms with Gasteiger partial charge in [-0.05, 0) is 111 Å². The van der Waals surface area contributed by atoms with Crippen LogP contribution in [0.25, 0.3) is 11.1 Å². The number of benzene rings is 3. The average Bonchev–Trinajstić information content (AvgIpc) is 3.77. The van der Waals surface area contributed by atoms with E-state index < -0.39 is 6.10 Å². The van der Waals surface area contributed by atoms with Crippen LogP contribution in [0.15, 0.2) is 60.7 Å². The van der Waals surface area contributed by atoms with Gasteiger partial charge in [0.15, 0.2) is 11.9 Å². The van der Waals surface area contributed by atoms with Gasteiger partial charge in [0.2, 0.25) is 0 Å². The van der Waals surface area contributed by atoms with Crippen LogP contribution in [0.2, 0.25) is 0 Å². The summed E-state index contributed by atoms with van der Waals surface area (Å²) >= 11 is 0. The molecule has 2 saturated carbocycles. The number of amides is 1. The fourth-order valence-electron chi connectivity index (χ4n) is 8.74. The minimum absolute atomic E-state index is 0.115. The largest absolute Gasteiger partial charge is 0.491 e. The molecule has 2 heterocycles. The fourth-order valence-corrected chi connectivity index (χ4v) is 8.74. The Hall–Kier alpha value is -3.64. The van der Waals surface area contributed by atoms with Crippen molar-refractivity contribution < 1.29 is 19.1 Å². The van der Waals surface area contributed by atoms with E-state index in [4.69, 9.17) is 9.47 Å². The third-order valence-electron chi connectivity index (χ3n) is 10.9. The smallest absolute Gasteiger partial charge is 0.255 e. The zero-order valence-corrected chi connectivity index (χ0v) is 25.8. The van der Waals surface area contributed by atoms with Crippen LogP contribution < -0.4 is 14.8 Å². The summed E-state index contributed by atoms with van der Waals surface area (Å²) in [4.78, 5) is 29.6. The summed E-state index contributed by atoms with van der Waals surface area (Å²) in [5.41, 5.74) is 6.26. The zero-order valence-electron chi connectivity index (χ0n) is 25.8. The highest BCUT2D eigenvalue weighted by molar-refractivity contribution is 5.99. The predicted octanol–water partition coefficient (Wildman–Crippen LogP) is 6.13. The maximum atomic E-state index is 13.6. The second-order valence-corrected chi connectivity index (χ2v) is 14.0. The van der Waals surface area contributed by atoms with Gasteiger partial charge in [-0.15, -0.1) is 0 Å². The number of carbonyl (C=O) groups is 2. The van der Waals surface area contributed by atoms with Crippen molar-refractivity contribution in [3.05, 3.63) is 82.9 Å². The molecule has 228 valence electrons. The van der Waals surface area contributed by atoms with Gasteiger partial charge in [0.05, 0.1) is 11.7 Å². The molecule has 44 heavy (non-hydrogen) atoms. The summed E-state index contributed by atoms with van der Waals surface area (Å²) in [7, 11) is 0. The molecule has 2 bridgehead atoms. The van der Waals surface area contributed by atoms with E-state index in [0.29, 0.717) is 36.2 Å². The van der Waals surface area contributed by atoms with Crippen LogP contribution in [0, 0.1) is 11.8 Å². The van der Waals surface area contributed by atoms with Crippen molar-refractivity contribution in [2.75, 3.05) is 19.6 Å². The van der Waals surface area contributed by atoms with E-state index in [1.54, 1.807) is 0 Å². The number of nitrogens with zero attached hydrogens (tertiary/aromatic N) is 1. The number of nitrogens with one attached hydrogen (secondary N) is 1. The number of carbonyl (C=O) groups excluding carboxylic acids is 2. The first-order chi connectivity index (χ1) is 21.4. The van der Waals surface area contributed by atoms with Crippen LogP contribution in [0.4, 0.5) is 0 Å². The average molecular weight is 591 g/mol. The van der Waals surface area contributed by atoms with E-state index in [1.807, 2.05) is 32.0 Å². The quantitative estimate of drug-likeness (QED) is 0.325. The summed E-state index contributed by atoms with van der Waals surface area (Å²) in [5, 5.41) is 3.15. The molecule has 3 fully saturated rings. The lowest BCUT2D eigenvalue weighted by Gasteiger charge is -2.57. The molecule has 2 unspecified atom stereocenters. The van der Waals surface area contributed by atoms with Gasteiger partial charge in [0.1, 0.15) is 11.5 Å². The summed E-state index contributed by atoms with van der Waals surface area (Å²) in [6.45, 7) is 6.81. The molecular formula is C38H42N2O4. The Balaban J connectivity index is 0.966. The van der Waals surface area contributed by atoms with Gasteiger partial charge in [0.25, 0.3) is 5.91 Å². The lowest BCUT2D eigenvalue weighted by molar-refractivity contribution is -0.138. The van der Waals surface area contributed by atoms with E-state index in [9.17, 15) is 9.59 Å². The first kappa shape index (κ1) is 27.9. The molecule has 3 aromatic carbocycles. The first-order valence-electron chi connectivity index (χ1n) is 16.6. The van der Waals surface area contributed by atoms with Crippen molar-refractivity contribution >= 4 is 11.7 Å². The molecule has 2 aliphatic heterocycles. The SMILES string of the molecule is CC(C)Oc1ccc(-c2ccc(CCNC(=O)c3ccc4c5c3OC3C(=O)CC[C@H]6[C@@H](C4)N(CC4CC4)CCC536)cc2)cc1. The second kappa shape index (κ2) is 10.8. The third-order valence-corrected chi connectivity index (χ3v) is 10.9. The number of ketones is 1. The van der Waals surface area contributed by atoms with Crippen LogP contribution in [0.5, 0.6) is 11.5 Å². The Morgan fingerprint density at radius 2 is 1.77 bits per heavy atom. The van der Waals surface area contributed by atoms with Crippen molar-refractivity contribution in [3.63, 3.8) is 0 Å². The zero-order chi connectivity index (χ0) is 30.0. The highest BCUT2D eigenvalue weighted by atomic mass is 16.5. The monoisotopic (exact) mass is 590 g/mol. The molecular weight excluding hydrogens is 548 g/mol. The Labute approximate surface area is 260 Å². The molecule has 6 nitrogen and oxygen atoms in total. The van der Waals surface area contributed by atoms with E-state index in [-0.39, 0.29) is 23.2 Å². The van der Waals surface area contributed by atoms with Gasteiger partial charge in [-0.1, -0.05) is 42.5 Å². The summed E-state index contributed by atoms with van der Waals surface area (Å²) < 4.78 is 12.3. The first-order valence-corrected chi connectivity index (χ1v) is 16.6. The third kappa shape index (κ3) is 4.65. The van der Waals surface area contributed by atoms with Gasteiger partial charge < -0.3 is 14.8 Å². The van der Waals surface area contributed by atoms with Gasteiger partial charge in [-0.3, -0.25) is 14.5 Å². The molecule has 5 aliphatic rings. The van der Waals surface area contributed by atoms with Gasteiger partial charge in [-0.2, -0.15) is 0 Å². The van der Waals surface area contributed by atoms with Gasteiger partial charge >= 0.3 is 0 Å². The van der Waals surface area contributed by atoms with Crippen molar-refractivity contribution in [3.8, 4) is 22.6 Å². The molecule has 1 N–H and O–H groups in total. The molecule has 0 radical (unpaired) electrons. The summed E-state index contributed by atoms with van der Waals surface area (Å²) in [6.07, 6.45) is 6.65. The van der Waals surface area contributed by atoms with Crippen LogP contribution in [0.1, 0.15) is 73.0 Å². The standard InChI is InChI=1S/C38H42N2O4/c1-23(2)43-29-12-9-27(10-13-29)26-7-5-24(6-8-26)17-19-39-37(42)30-14-11-28-21-32-31-15-16-33(41)36-38(31,34(28)35(30)44-36)18-20-40(32)22-25-3-4-25/h5-14,23,25,31-32,36H,3-4,15-22H2,1-2H3,(H,39,42)/t31-,32+,36?,38?/m0/s1. The van der Waals surface area contributed by atoms with Gasteiger partial charge in [0, 0.05) is 36.5 Å². The number of rotatable bonds is 9. The maximum Gasteiger partial charge on any atom is 0.255 e. The highest BCUT2D eigenvalue weighted by Crippen LogP contribution is 2.62. The number of hydrogen-bond donors (Lipinski definition) is 1. The Kier molecular flexibility index (Phi) is 6.82. The lowest BCUT2D eigenvalue weighted by atomic mass is 9.51. The fraction of sp³-hybridized carbons (Fsp3) is 0.474. The van der Waals surface area contributed by atoms with Crippen LogP contribution in [-0.4, -0.2) is 54.5 Å². The molecule has 1 amide bonds. The van der Waals surface area contributed by atoms with Crippen molar-refractivity contribution in [1.29, 1.82) is 0 Å². The van der Waals surface area contributed by atoms with Crippen molar-refractivity contribution in [2.45, 2.75) is 82.5 Å². The normalized spacial score (nSPS) is 26.7. The molecule has 8 rings (SSSR count). The van der Waals surface area contributed by atoms with Crippen molar-refractivity contribution in [2.24, 2.45) is 11.8 Å². The molecule has 3 aromatic rings. The Morgan fingerprint density at radius 3 is 2.50 bits per heavy atom. The number of hydrogen-bond acceptors (Lipinski definition) is 5. The van der Waals surface area contributed by atoms with Crippen LogP contribution in [-0.2, 0) is 23.1 Å². The van der Waals surface area contributed by atoms with E-state index in [1.165, 1.54) is 36.1 Å². The molecule has 6 heteroatoms. The van der Waals surface area contributed by atoms with Gasteiger partial charge in [-0.25, -0.2) is 0 Å². The van der Waals surface area contributed by atoms with Crippen molar-refractivity contribution in [1.82, 2.24) is 10.2 Å². The minimum atomic E-state index is -0.438. The number of likely N-dealkylation sites (tertiary alicyclic amines) is 1. The molecule has 1 saturated heterocycles. The lowest BCUT2D eigenvalue weighted by Crippen LogP contribution is -2.66. The van der Waals surface area contributed by atoms with Crippen LogP contribution in [0.3, 0.4) is 0 Å². The summed E-state index contributed by atoms with van der Waals surface area (Å²) in [5.74, 6) is 2.95. The Morgan fingerprint density at radius 1 is 1.02 bits per heavy atom. The maximum absolute atomic E-state index is 13.6. The molecule has 3 aliphatic carbocycles. The second-order valence-electron chi connectivity index (χ2n) is 14.0. The Bertz CT molecular complexity index is 1590. The van der Waals surface area contributed by atoms with Crippen LogP contribution >= 0.6 is 0 Å². The number of Topliss-reactive ketones (excluding diaryl/α,β-unsaturated/α-hetero) is 1. The predicted molar refractivity (Wildman–Crippen MR) is 170 cm³/mol. The molecule has 4 atom stereocenters. The van der Waals surface area contributed by atoms with E-state index >= 15 is 0 Å². The number of ether oxygens (including phenoxy) is 2. The summed E-state index contributed by atoms with van der Waals surface area (Å²) in [6, 6.07) is 21.3. The van der Waals surface area contributed by atoms with E-state index in [2.05, 4.69) is 52.7 Å². The molecule has 1 spiro atoms. The molecule has 0 aromatic heterocycles. The number of piperidine rings is 1. The topological polar surface area (TPSA) is 67.9 Å². The highest BCUT2D eigenvalue weighted by Gasteiger charge is 2.66. The minimum Gasteiger partial charge on any atom is -0.491 e.